The molecule has 0 fully saturated rings. The monoisotopic (exact) mass is 612 g/mol. The molecule has 2 aromatic rings. The molecule has 0 aliphatic rings. The molecule has 2 rings (SSSR count). The number of carbonyl (C=O) groups is 1. The van der Waals surface area contributed by atoms with Gasteiger partial charge >= 0.3 is 5.97 Å². The molecule has 6 heteroatoms. The number of phenolic OH excluding ortho intramolecular Hbond substituents is 2. The normalized spacial score (nSPS) is 11.0. The number of benzene rings is 2. The highest BCUT2D eigenvalue weighted by Gasteiger charge is 2.11. The van der Waals surface area contributed by atoms with Crippen molar-refractivity contribution in [2.24, 2.45) is 0 Å². The van der Waals surface area contributed by atoms with Crippen LogP contribution in [0.1, 0.15) is 151 Å². The smallest absolute Gasteiger partial charge is 0.338 e. The topological polar surface area (TPSA) is 85.2 Å². The summed E-state index contributed by atoms with van der Waals surface area (Å²) in [6.45, 7) is 3.44. The summed E-state index contributed by atoms with van der Waals surface area (Å²) in [6.07, 6.45) is 25.9. The first-order valence-electron chi connectivity index (χ1n) is 17.5. The van der Waals surface area contributed by atoms with Crippen LogP contribution in [0, 0.1) is 0 Å². The number of hydrogen-bond donors (Lipinski definition) is 2. The fraction of sp³-hybridized carbons (Fsp3) is 0.658. The van der Waals surface area contributed by atoms with Crippen LogP contribution in [-0.2, 0) is 11.2 Å². The van der Waals surface area contributed by atoms with Crippen molar-refractivity contribution in [3.8, 4) is 23.0 Å². The zero-order chi connectivity index (χ0) is 31.7. The molecule has 6 nitrogen and oxygen atoms in total. The maximum Gasteiger partial charge on any atom is 0.338 e. The number of esters is 1. The Morgan fingerprint density at radius 2 is 1.07 bits per heavy atom. The average molecular weight is 613 g/mol. The number of aromatic hydroxyl groups is 2. The van der Waals surface area contributed by atoms with Crippen LogP contribution >= 0.6 is 0 Å². The van der Waals surface area contributed by atoms with E-state index in [-0.39, 0.29) is 11.5 Å². The highest BCUT2D eigenvalue weighted by Crippen LogP contribution is 2.29. The number of aryl methyl sites for hydroxylation is 1. The summed E-state index contributed by atoms with van der Waals surface area (Å²) >= 11 is 0. The van der Waals surface area contributed by atoms with Crippen LogP contribution in [0.25, 0.3) is 0 Å². The minimum absolute atomic E-state index is 0.0193. The highest BCUT2D eigenvalue weighted by molar-refractivity contribution is 5.90. The maximum atomic E-state index is 12.2. The Labute approximate surface area is 267 Å². The number of unbranched alkanes of at least 4 members (excludes halogenated alkanes) is 18. The lowest BCUT2D eigenvalue weighted by Crippen LogP contribution is -2.05. The Morgan fingerprint density at radius 1 is 0.614 bits per heavy atom. The number of phenols is 2. The summed E-state index contributed by atoms with van der Waals surface area (Å²) in [4.78, 5) is 12.2. The summed E-state index contributed by atoms with van der Waals surface area (Å²) in [5.41, 5.74) is 1.20. The molecule has 0 amide bonds. The predicted octanol–water partition coefficient (Wildman–Crippen LogP) is 10.7. The summed E-state index contributed by atoms with van der Waals surface area (Å²) in [7, 11) is 1.38. The third-order valence-corrected chi connectivity index (χ3v) is 8.28. The SMILES string of the molecule is CCCCCCCCCCCCCCCCCCOc1cc(OCCCCCCc2cccc(O)c2O)cc(C(=O)OC)c1. The number of methoxy groups -OCH3 is 1. The van der Waals surface area contributed by atoms with E-state index in [4.69, 9.17) is 14.2 Å². The number of para-hydroxylation sites is 1. The van der Waals surface area contributed by atoms with E-state index < -0.39 is 5.97 Å². The zero-order valence-corrected chi connectivity index (χ0v) is 27.8. The summed E-state index contributed by atoms with van der Waals surface area (Å²) in [5.74, 6) is 0.750. The Hall–Kier alpha value is -2.89. The molecule has 0 saturated carbocycles. The van der Waals surface area contributed by atoms with Gasteiger partial charge in [0.2, 0.25) is 0 Å². The van der Waals surface area contributed by atoms with Crippen molar-refractivity contribution in [2.75, 3.05) is 20.3 Å². The molecule has 0 aromatic heterocycles. The fourth-order valence-corrected chi connectivity index (χ4v) is 5.55. The van der Waals surface area contributed by atoms with E-state index >= 15 is 0 Å². The molecule has 0 aliphatic heterocycles. The lowest BCUT2D eigenvalue weighted by Gasteiger charge is -2.12. The van der Waals surface area contributed by atoms with Gasteiger partial charge < -0.3 is 24.4 Å². The molecule has 2 aromatic carbocycles. The highest BCUT2D eigenvalue weighted by atomic mass is 16.5. The Kier molecular flexibility index (Phi) is 20.7. The van der Waals surface area contributed by atoms with E-state index in [9.17, 15) is 15.0 Å². The van der Waals surface area contributed by atoms with Crippen molar-refractivity contribution in [3.05, 3.63) is 47.5 Å². The van der Waals surface area contributed by atoms with E-state index in [1.165, 1.54) is 103 Å². The maximum absolute atomic E-state index is 12.2. The van der Waals surface area contributed by atoms with Crippen LogP contribution in [-0.4, -0.2) is 36.5 Å². The molecule has 0 radical (unpaired) electrons. The molecule has 0 aliphatic carbocycles. The van der Waals surface area contributed by atoms with Gasteiger partial charge in [-0.3, -0.25) is 0 Å². The molecular weight excluding hydrogens is 552 g/mol. The number of hydrogen-bond acceptors (Lipinski definition) is 6. The number of rotatable bonds is 27. The van der Waals surface area contributed by atoms with Crippen molar-refractivity contribution < 1.29 is 29.2 Å². The zero-order valence-electron chi connectivity index (χ0n) is 27.8. The van der Waals surface area contributed by atoms with Crippen molar-refractivity contribution in [3.63, 3.8) is 0 Å². The fourth-order valence-electron chi connectivity index (χ4n) is 5.55. The van der Waals surface area contributed by atoms with Crippen LogP contribution in [0.3, 0.4) is 0 Å². The van der Waals surface area contributed by atoms with Crippen LogP contribution in [0.15, 0.2) is 36.4 Å². The van der Waals surface area contributed by atoms with Crippen LogP contribution < -0.4 is 9.47 Å². The largest absolute Gasteiger partial charge is 0.504 e. The number of ether oxygens (including phenoxy) is 3. The lowest BCUT2D eigenvalue weighted by atomic mass is 10.0. The van der Waals surface area contributed by atoms with Gasteiger partial charge in [0.05, 0.1) is 25.9 Å². The second-order valence-corrected chi connectivity index (χ2v) is 12.1. The first-order valence-corrected chi connectivity index (χ1v) is 17.5. The van der Waals surface area contributed by atoms with Crippen LogP contribution in [0.5, 0.6) is 23.0 Å². The molecule has 0 saturated heterocycles. The van der Waals surface area contributed by atoms with Gasteiger partial charge in [-0.2, -0.15) is 0 Å². The van der Waals surface area contributed by atoms with Crippen molar-refractivity contribution in [1.82, 2.24) is 0 Å². The average Bonchev–Trinajstić information content (AvgIpc) is 3.03. The van der Waals surface area contributed by atoms with Gasteiger partial charge in [-0.25, -0.2) is 4.79 Å². The van der Waals surface area contributed by atoms with Gasteiger partial charge in [0, 0.05) is 6.07 Å². The van der Waals surface area contributed by atoms with E-state index in [0.717, 1.165) is 50.5 Å². The third-order valence-electron chi connectivity index (χ3n) is 8.28. The molecule has 0 heterocycles. The quantitative estimate of drug-likeness (QED) is 0.0593. The van der Waals surface area contributed by atoms with E-state index in [2.05, 4.69) is 6.92 Å². The van der Waals surface area contributed by atoms with Gasteiger partial charge in [-0.05, 0) is 49.4 Å². The van der Waals surface area contributed by atoms with Crippen molar-refractivity contribution in [1.29, 1.82) is 0 Å². The number of carbonyl (C=O) groups excluding carboxylic acids is 1. The van der Waals surface area contributed by atoms with E-state index in [1.807, 2.05) is 12.1 Å². The first-order chi connectivity index (χ1) is 21.5. The molecule has 0 bridgehead atoms. The molecule has 0 atom stereocenters. The van der Waals surface area contributed by atoms with Gasteiger partial charge in [-0.1, -0.05) is 128 Å². The summed E-state index contributed by atoms with van der Waals surface area (Å²) in [6, 6.07) is 10.4. The van der Waals surface area contributed by atoms with Crippen LogP contribution in [0.2, 0.25) is 0 Å². The molecule has 0 spiro atoms. The Balaban J connectivity index is 1.54. The molecule has 2 N–H and O–H groups in total. The molecular formula is C38H60O6. The standard InChI is InChI=1S/C38H60O6/c1-3-4-5-6-7-8-9-10-11-12-13-14-15-16-18-21-27-43-34-29-33(38(41)42-2)30-35(31-34)44-28-22-19-17-20-24-32-25-23-26-36(39)37(32)40/h23,25-26,29-31,39-40H,3-22,24,27-28H2,1-2H3. The second kappa shape index (κ2) is 24.4. The minimum Gasteiger partial charge on any atom is -0.504 e. The molecule has 0 unspecified atom stereocenters. The lowest BCUT2D eigenvalue weighted by molar-refractivity contribution is 0.0599. The molecule has 248 valence electrons. The predicted molar refractivity (Wildman–Crippen MR) is 180 cm³/mol. The molecule has 44 heavy (non-hydrogen) atoms. The first kappa shape index (κ1) is 37.3. The summed E-state index contributed by atoms with van der Waals surface area (Å²) < 4.78 is 16.9. The van der Waals surface area contributed by atoms with E-state index in [0.29, 0.717) is 30.3 Å². The summed E-state index contributed by atoms with van der Waals surface area (Å²) in [5, 5.41) is 19.6. The van der Waals surface area contributed by atoms with Gasteiger partial charge in [0.25, 0.3) is 0 Å². The van der Waals surface area contributed by atoms with Gasteiger partial charge in [-0.15, -0.1) is 0 Å². The Bertz CT molecular complexity index is 1020. The van der Waals surface area contributed by atoms with Crippen molar-refractivity contribution >= 4 is 5.97 Å². The Morgan fingerprint density at radius 3 is 1.55 bits per heavy atom. The third kappa shape index (κ3) is 16.8. The van der Waals surface area contributed by atoms with Crippen LogP contribution in [0.4, 0.5) is 0 Å². The van der Waals surface area contributed by atoms with Crippen molar-refractivity contribution in [2.45, 2.75) is 142 Å². The van der Waals surface area contributed by atoms with Gasteiger partial charge in [0.15, 0.2) is 11.5 Å². The minimum atomic E-state index is -0.405. The second-order valence-electron chi connectivity index (χ2n) is 12.1. The van der Waals surface area contributed by atoms with E-state index in [1.54, 1.807) is 18.2 Å². The van der Waals surface area contributed by atoms with Gasteiger partial charge in [0.1, 0.15) is 11.5 Å².